The maximum absolute atomic E-state index is 12.8. The highest BCUT2D eigenvalue weighted by atomic mass is 32.2. The van der Waals surface area contributed by atoms with Crippen LogP contribution in [0.25, 0.3) is 28.0 Å². The lowest BCUT2D eigenvalue weighted by molar-refractivity contribution is -0.0500. The lowest BCUT2D eigenvalue weighted by Gasteiger charge is -2.34. The smallest absolute Gasteiger partial charge is 0.473 e. The summed E-state index contributed by atoms with van der Waals surface area (Å²) in [5, 5.41) is 1.21. The van der Waals surface area contributed by atoms with Crippen molar-refractivity contribution in [3.63, 3.8) is 0 Å². The van der Waals surface area contributed by atoms with E-state index in [4.69, 9.17) is 4.74 Å². The third-order valence-corrected chi connectivity index (χ3v) is 7.16. The molecule has 170 valence electrons. The molecule has 6 rings (SSSR count). The standard InChI is InChI=1S/C26H15F3O4S/c27-26(28,29)34(30,31)33-17-11-9-16-10-12-24-20(21(16)15-17)13-14-25(32-24)22-7-3-1-5-18(22)19-6-2-4-8-23(19)25/h1-15H. The van der Waals surface area contributed by atoms with Gasteiger partial charge >= 0.3 is 15.6 Å². The highest BCUT2D eigenvalue weighted by molar-refractivity contribution is 7.88. The zero-order chi connectivity index (χ0) is 23.7. The predicted octanol–water partition coefficient (Wildman–Crippen LogP) is 6.40. The molecule has 0 atom stereocenters. The normalized spacial score (nSPS) is 15.5. The zero-order valence-corrected chi connectivity index (χ0v) is 18.2. The summed E-state index contributed by atoms with van der Waals surface area (Å²) in [6, 6.07) is 23.5. The number of halogens is 3. The molecule has 1 aliphatic heterocycles. The third-order valence-electron chi connectivity index (χ3n) is 6.18. The largest absolute Gasteiger partial charge is 0.534 e. The van der Waals surface area contributed by atoms with E-state index < -0.39 is 27.0 Å². The summed E-state index contributed by atoms with van der Waals surface area (Å²) in [6.45, 7) is 0. The molecule has 0 amide bonds. The molecule has 4 aromatic rings. The van der Waals surface area contributed by atoms with Gasteiger partial charge in [0.15, 0.2) is 5.60 Å². The van der Waals surface area contributed by atoms with Crippen molar-refractivity contribution in [3.05, 3.63) is 102 Å². The molecule has 0 bridgehead atoms. The topological polar surface area (TPSA) is 52.6 Å². The van der Waals surface area contributed by atoms with E-state index >= 15 is 0 Å². The summed E-state index contributed by atoms with van der Waals surface area (Å²) in [5.41, 5.74) is -1.61. The SMILES string of the molecule is O=S(=O)(Oc1ccc2ccc3c(c2c1)C=CC1(O3)c2ccccc2-c2ccccc21)C(F)(F)F. The van der Waals surface area contributed by atoms with Crippen molar-refractivity contribution >= 4 is 27.0 Å². The van der Waals surface area contributed by atoms with Gasteiger partial charge in [-0.1, -0.05) is 60.7 Å². The maximum Gasteiger partial charge on any atom is 0.534 e. The van der Waals surface area contributed by atoms with Crippen molar-refractivity contribution in [2.75, 3.05) is 0 Å². The summed E-state index contributed by atoms with van der Waals surface area (Å²) >= 11 is 0. The molecule has 0 aromatic heterocycles. The second-order valence-corrected chi connectivity index (χ2v) is 9.64. The Morgan fingerprint density at radius 3 is 2.09 bits per heavy atom. The highest BCUT2D eigenvalue weighted by Gasteiger charge is 2.49. The molecule has 0 N–H and O–H groups in total. The highest BCUT2D eigenvalue weighted by Crippen LogP contribution is 2.53. The Hall–Kier alpha value is -3.78. The first-order chi connectivity index (χ1) is 16.2. The van der Waals surface area contributed by atoms with Crippen LogP contribution in [0.4, 0.5) is 13.2 Å². The fourth-order valence-electron chi connectivity index (χ4n) is 4.72. The van der Waals surface area contributed by atoms with Crippen LogP contribution in [0.15, 0.2) is 84.9 Å². The molecule has 0 fully saturated rings. The van der Waals surface area contributed by atoms with Gasteiger partial charge in [0, 0.05) is 16.7 Å². The Bertz CT molecular complexity index is 1580. The molecular formula is C26H15F3O4S. The summed E-state index contributed by atoms with van der Waals surface area (Å²) in [4.78, 5) is 0. The fourth-order valence-corrected chi connectivity index (χ4v) is 5.17. The molecule has 4 aromatic carbocycles. The molecule has 1 heterocycles. The second kappa shape index (κ2) is 6.87. The quantitative estimate of drug-likeness (QED) is 0.246. The number of hydrogen-bond donors (Lipinski definition) is 0. The van der Waals surface area contributed by atoms with Gasteiger partial charge in [0.05, 0.1) is 0 Å². The van der Waals surface area contributed by atoms with E-state index in [1.54, 1.807) is 12.1 Å². The van der Waals surface area contributed by atoms with Crippen molar-refractivity contribution in [2.45, 2.75) is 11.1 Å². The minimum atomic E-state index is -5.78. The van der Waals surface area contributed by atoms with Gasteiger partial charge in [0.25, 0.3) is 0 Å². The molecule has 0 saturated carbocycles. The average Bonchev–Trinajstić information content (AvgIpc) is 3.08. The van der Waals surface area contributed by atoms with Gasteiger partial charge in [-0.25, -0.2) is 0 Å². The predicted molar refractivity (Wildman–Crippen MR) is 122 cm³/mol. The monoisotopic (exact) mass is 480 g/mol. The number of fused-ring (bicyclic) bond motifs is 8. The fraction of sp³-hybridized carbons (Fsp3) is 0.0769. The second-order valence-electron chi connectivity index (χ2n) is 8.11. The van der Waals surface area contributed by atoms with Gasteiger partial charge in [-0.3, -0.25) is 0 Å². The van der Waals surface area contributed by atoms with Crippen LogP contribution in [-0.2, 0) is 15.7 Å². The first-order valence-corrected chi connectivity index (χ1v) is 11.8. The summed E-state index contributed by atoms with van der Waals surface area (Å²) in [7, 11) is -5.78. The lowest BCUT2D eigenvalue weighted by atomic mass is 9.87. The number of ether oxygens (including phenoxy) is 1. The van der Waals surface area contributed by atoms with Crippen molar-refractivity contribution in [1.82, 2.24) is 0 Å². The van der Waals surface area contributed by atoms with E-state index in [0.717, 1.165) is 22.3 Å². The molecule has 0 radical (unpaired) electrons. The van der Waals surface area contributed by atoms with Gasteiger partial charge in [-0.15, -0.1) is 0 Å². The van der Waals surface area contributed by atoms with Crippen molar-refractivity contribution in [2.24, 2.45) is 0 Å². The molecular weight excluding hydrogens is 465 g/mol. The van der Waals surface area contributed by atoms with Crippen LogP contribution in [-0.4, -0.2) is 13.9 Å². The Morgan fingerprint density at radius 1 is 0.824 bits per heavy atom. The van der Waals surface area contributed by atoms with Crippen molar-refractivity contribution in [3.8, 4) is 22.6 Å². The Kier molecular flexibility index (Phi) is 4.20. The summed E-state index contributed by atoms with van der Waals surface area (Å²) in [6.07, 6.45) is 3.79. The number of hydrogen-bond acceptors (Lipinski definition) is 4. The molecule has 8 heteroatoms. The molecule has 1 spiro atoms. The van der Waals surface area contributed by atoms with E-state index in [9.17, 15) is 21.6 Å². The molecule has 0 saturated heterocycles. The van der Waals surface area contributed by atoms with Crippen LogP contribution >= 0.6 is 0 Å². The first-order valence-electron chi connectivity index (χ1n) is 10.3. The van der Waals surface area contributed by atoms with Gasteiger partial charge < -0.3 is 8.92 Å². The Balaban J connectivity index is 1.49. The van der Waals surface area contributed by atoms with E-state index in [1.807, 2.05) is 60.7 Å². The first kappa shape index (κ1) is 20.8. The van der Waals surface area contributed by atoms with Crippen molar-refractivity contribution in [1.29, 1.82) is 0 Å². The molecule has 4 nitrogen and oxygen atoms in total. The Labute approximate surface area is 193 Å². The van der Waals surface area contributed by atoms with Gasteiger partial charge in [0.2, 0.25) is 0 Å². The molecule has 2 aliphatic rings. The van der Waals surface area contributed by atoms with Gasteiger partial charge in [-0.2, -0.15) is 21.6 Å². The summed E-state index contributed by atoms with van der Waals surface area (Å²) in [5.74, 6) is 0.0980. The molecule has 34 heavy (non-hydrogen) atoms. The van der Waals surface area contributed by atoms with Crippen molar-refractivity contribution < 1.29 is 30.5 Å². The van der Waals surface area contributed by atoms with Crippen LogP contribution in [0.2, 0.25) is 0 Å². The minimum Gasteiger partial charge on any atom is -0.473 e. The van der Waals surface area contributed by atoms with E-state index in [1.165, 1.54) is 18.2 Å². The number of benzene rings is 4. The lowest BCUT2D eigenvalue weighted by Crippen LogP contribution is -2.32. The Morgan fingerprint density at radius 2 is 1.44 bits per heavy atom. The maximum atomic E-state index is 12.8. The molecule has 0 unspecified atom stereocenters. The number of alkyl halides is 3. The van der Waals surface area contributed by atoms with Crippen LogP contribution in [0.3, 0.4) is 0 Å². The third kappa shape index (κ3) is 2.88. The van der Waals surface area contributed by atoms with Crippen LogP contribution in [0, 0.1) is 0 Å². The minimum absolute atomic E-state index is 0.427. The number of rotatable bonds is 2. The van der Waals surface area contributed by atoms with Crippen LogP contribution in [0.1, 0.15) is 16.7 Å². The van der Waals surface area contributed by atoms with E-state index in [2.05, 4.69) is 4.18 Å². The van der Waals surface area contributed by atoms with E-state index in [-0.39, 0.29) is 0 Å². The zero-order valence-electron chi connectivity index (χ0n) is 17.3. The van der Waals surface area contributed by atoms with Gasteiger partial charge in [0.1, 0.15) is 11.5 Å². The van der Waals surface area contributed by atoms with Gasteiger partial charge in [-0.05, 0) is 52.3 Å². The average molecular weight is 480 g/mol. The molecule has 1 aliphatic carbocycles. The van der Waals surface area contributed by atoms with Crippen LogP contribution in [0.5, 0.6) is 11.5 Å². The van der Waals surface area contributed by atoms with Crippen LogP contribution < -0.4 is 8.92 Å². The van der Waals surface area contributed by atoms with E-state index in [0.29, 0.717) is 22.1 Å². The summed E-state index contributed by atoms with van der Waals surface area (Å²) < 4.78 is 72.2.